The van der Waals surface area contributed by atoms with E-state index in [4.69, 9.17) is 10.3 Å². The molecule has 2 N–H and O–H groups in total. The van der Waals surface area contributed by atoms with E-state index in [1.807, 2.05) is 18.5 Å². The summed E-state index contributed by atoms with van der Waals surface area (Å²) in [6, 6.07) is 0.0693. The van der Waals surface area contributed by atoms with Crippen molar-refractivity contribution in [1.29, 1.82) is 0 Å². The second-order valence-electron chi connectivity index (χ2n) is 3.77. The van der Waals surface area contributed by atoms with Crippen molar-refractivity contribution in [2.45, 2.75) is 25.8 Å². The quantitative estimate of drug-likeness (QED) is 0.823. The summed E-state index contributed by atoms with van der Waals surface area (Å²) < 4.78 is 6.98. The summed E-state index contributed by atoms with van der Waals surface area (Å²) in [5, 5.41) is 3.90. The van der Waals surface area contributed by atoms with Gasteiger partial charge in [-0.1, -0.05) is 12.1 Å². The van der Waals surface area contributed by atoms with Crippen LogP contribution in [0.2, 0.25) is 0 Å². The number of imidazole rings is 1. The molecule has 6 heteroatoms. The van der Waals surface area contributed by atoms with Gasteiger partial charge in [-0.2, -0.15) is 4.98 Å². The fourth-order valence-corrected chi connectivity index (χ4v) is 1.38. The highest BCUT2D eigenvalue weighted by Crippen LogP contribution is 2.14. The van der Waals surface area contributed by atoms with Crippen LogP contribution in [0.3, 0.4) is 0 Å². The van der Waals surface area contributed by atoms with Crippen LogP contribution in [0.15, 0.2) is 17.0 Å². The molecule has 2 heterocycles. The molecule has 0 amide bonds. The highest BCUT2D eigenvalue weighted by atomic mass is 16.5. The number of hydrogen-bond acceptors (Lipinski definition) is 5. The van der Waals surface area contributed by atoms with Crippen LogP contribution in [0.4, 0.5) is 0 Å². The van der Waals surface area contributed by atoms with Gasteiger partial charge < -0.3 is 14.8 Å². The molecule has 0 aliphatic carbocycles. The predicted molar refractivity (Wildman–Crippen MR) is 58.5 cm³/mol. The maximum Gasteiger partial charge on any atom is 0.228 e. The molecule has 0 aliphatic rings. The average Bonchev–Trinajstić information content (AvgIpc) is 2.86. The lowest BCUT2D eigenvalue weighted by atomic mass is 10.2. The van der Waals surface area contributed by atoms with Crippen LogP contribution in [0.5, 0.6) is 0 Å². The minimum Gasteiger partial charge on any atom is -0.339 e. The van der Waals surface area contributed by atoms with Crippen molar-refractivity contribution in [3.63, 3.8) is 0 Å². The largest absolute Gasteiger partial charge is 0.339 e. The van der Waals surface area contributed by atoms with Gasteiger partial charge in [0.2, 0.25) is 11.7 Å². The molecule has 0 spiro atoms. The molecule has 2 aromatic rings. The van der Waals surface area contributed by atoms with E-state index in [1.165, 1.54) is 0 Å². The van der Waals surface area contributed by atoms with E-state index in [0.717, 1.165) is 12.1 Å². The summed E-state index contributed by atoms with van der Waals surface area (Å²) in [4.78, 5) is 8.28. The fourth-order valence-electron chi connectivity index (χ4n) is 1.38. The SMILES string of the molecule is CCC(N)Cc1nc(-c2cncn2C)no1. The number of aromatic nitrogens is 4. The highest BCUT2D eigenvalue weighted by molar-refractivity contribution is 5.46. The number of nitrogens with zero attached hydrogens (tertiary/aromatic N) is 4. The van der Waals surface area contributed by atoms with E-state index in [-0.39, 0.29) is 6.04 Å². The van der Waals surface area contributed by atoms with Gasteiger partial charge in [-0.05, 0) is 6.42 Å². The lowest BCUT2D eigenvalue weighted by Gasteiger charge is -2.02. The molecule has 2 rings (SSSR count). The van der Waals surface area contributed by atoms with Crippen LogP contribution >= 0.6 is 0 Å². The Morgan fingerprint density at radius 1 is 1.56 bits per heavy atom. The predicted octanol–water partition coefficient (Wildman–Crippen LogP) is 0.750. The summed E-state index contributed by atoms with van der Waals surface area (Å²) in [5.74, 6) is 1.13. The molecule has 0 radical (unpaired) electrons. The van der Waals surface area contributed by atoms with Gasteiger partial charge in [0.15, 0.2) is 0 Å². The Morgan fingerprint density at radius 3 is 3.00 bits per heavy atom. The zero-order valence-electron chi connectivity index (χ0n) is 9.42. The Morgan fingerprint density at radius 2 is 2.38 bits per heavy atom. The van der Waals surface area contributed by atoms with Crippen LogP contribution in [0.25, 0.3) is 11.5 Å². The first-order chi connectivity index (χ1) is 7.70. The molecule has 0 aliphatic heterocycles. The second-order valence-corrected chi connectivity index (χ2v) is 3.77. The number of rotatable bonds is 4. The zero-order chi connectivity index (χ0) is 11.5. The Balaban J connectivity index is 2.17. The lowest BCUT2D eigenvalue weighted by Crippen LogP contribution is -2.21. The summed E-state index contributed by atoms with van der Waals surface area (Å²) in [5.41, 5.74) is 6.65. The Labute approximate surface area is 93.5 Å². The molecule has 0 saturated heterocycles. The highest BCUT2D eigenvalue weighted by Gasteiger charge is 2.13. The van der Waals surface area contributed by atoms with Crippen molar-refractivity contribution in [3.05, 3.63) is 18.4 Å². The number of hydrogen-bond donors (Lipinski definition) is 1. The molecule has 1 unspecified atom stereocenters. The van der Waals surface area contributed by atoms with Gasteiger partial charge in [-0.3, -0.25) is 0 Å². The first-order valence-electron chi connectivity index (χ1n) is 5.25. The molecule has 0 saturated carbocycles. The van der Waals surface area contributed by atoms with Crippen LogP contribution in [0, 0.1) is 0 Å². The fraction of sp³-hybridized carbons (Fsp3) is 0.500. The van der Waals surface area contributed by atoms with Gasteiger partial charge in [0.25, 0.3) is 0 Å². The number of aryl methyl sites for hydroxylation is 1. The van der Waals surface area contributed by atoms with E-state index in [0.29, 0.717) is 18.1 Å². The summed E-state index contributed by atoms with van der Waals surface area (Å²) in [6.45, 7) is 2.03. The Hall–Kier alpha value is -1.69. The molecule has 16 heavy (non-hydrogen) atoms. The maximum absolute atomic E-state index is 5.82. The van der Waals surface area contributed by atoms with Crippen LogP contribution in [0.1, 0.15) is 19.2 Å². The topological polar surface area (TPSA) is 82.8 Å². The minimum atomic E-state index is 0.0693. The second kappa shape index (κ2) is 4.44. The molecule has 86 valence electrons. The maximum atomic E-state index is 5.82. The van der Waals surface area contributed by atoms with Crippen molar-refractivity contribution in [2.24, 2.45) is 12.8 Å². The molecule has 0 aromatic carbocycles. The molecule has 1 atom stereocenters. The third-order valence-electron chi connectivity index (χ3n) is 2.48. The van der Waals surface area contributed by atoms with Gasteiger partial charge in [-0.15, -0.1) is 0 Å². The first kappa shape index (κ1) is 10.8. The summed E-state index contributed by atoms with van der Waals surface area (Å²) in [6.07, 6.45) is 4.91. The molecular weight excluding hydrogens is 206 g/mol. The normalized spacial score (nSPS) is 12.9. The third kappa shape index (κ3) is 2.11. The van der Waals surface area contributed by atoms with E-state index < -0.39 is 0 Å². The minimum absolute atomic E-state index is 0.0693. The van der Waals surface area contributed by atoms with Gasteiger partial charge in [0.1, 0.15) is 5.69 Å². The van der Waals surface area contributed by atoms with Crippen molar-refractivity contribution in [1.82, 2.24) is 19.7 Å². The first-order valence-corrected chi connectivity index (χ1v) is 5.25. The standard InChI is InChI=1S/C10H15N5O/c1-3-7(11)4-9-13-10(14-16-9)8-5-12-6-15(8)2/h5-7H,3-4,11H2,1-2H3. The molecule has 6 nitrogen and oxygen atoms in total. The summed E-state index contributed by atoms with van der Waals surface area (Å²) in [7, 11) is 1.89. The van der Waals surface area contributed by atoms with E-state index in [9.17, 15) is 0 Å². The molecule has 0 fully saturated rings. The van der Waals surface area contributed by atoms with E-state index >= 15 is 0 Å². The lowest BCUT2D eigenvalue weighted by molar-refractivity contribution is 0.367. The van der Waals surface area contributed by atoms with Crippen molar-refractivity contribution >= 4 is 0 Å². The number of nitrogens with two attached hydrogens (primary N) is 1. The van der Waals surface area contributed by atoms with Gasteiger partial charge in [0, 0.05) is 19.5 Å². The average molecular weight is 221 g/mol. The van der Waals surface area contributed by atoms with Crippen LogP contribution < -0.4 is 5.73 Å². The van der Waals surface area contributed by atoms with Crippen LogP contribution in [-0.2, 0) is 13.5 Å². The van der Waals surface area contributed by atoms with E-state index in [2.05, 4.69) is 15.1 Å². The Bertz CT molecular complexity index is 461. The zero-order valence-corrected chi connectivity index (χ0v) is 9.42. The smallest absolute Gasteiger partial charge is 0.228 e. The Kier molecular flexibility index (Phi) is 3.00. The molecule has 0 bridgehead atoms. The monoisotopic (exact) mass is 221 g/mol. The van der Waals surface area contributed by atoms with Gasteiger partial charge >= 0.3 is 0 Å². The van der Waals surface area contributed by atoms with Crippen LogP contribution in [-0.4, -0.2) is 25.7 Å². The van der Waals surface area contributed by atoms with Crippen molar-refractivity contribution in [3.8, 4) is 11.5 Å². The van der Waals surface area contributed by atoms with Crippen molar-refractivity contribution < 1.29 is 4.52 Å². The van der Waals surface area contributed by atoms with E-state index in [1.54, 1.807) is 12.5 Å². The molecule has 2 aromatic heterocycles. The summed E-state index contributed by atoms with van der Waals surface area (Å²) >= 11 is 0. The van der Waals surface area contributed by atoms with Crippen molar-refractivity contribution in [2.75, 3.05) is 0 Å². The third-order valence-corrected chi connectivity index (χ3v) is 2.48. The van der Waals surface area contributed by atoms with Gasteiger partial charge in [0.05, 0.1) is 12.5 Å². The van der Waals surface area contributed by atoms with Gasteiger partial charge in [-0.25, -0.2) is 4.98 Å². The molecular formula is C10H15N5O.